The van der Waals surface area contributed by atoms with Gasteiger partial charge in [-0.05, 0) is 24.6 Å². The molecule has 1 aromatic heterocycles. The lowest BCUT2D eigenvalue weighted by atomic mass is 10.2. The quantitative estimate of drug-likeness (QED) is 0.543. The second-order valence-electron chi connectivity index (χ2n) is 5.15. The number of nitro benzene ring substituents is 1. The van der Waals surface area contributed by atoms with Gasteiger partial charge in [0.1, 0.15) is 11.5 Å². The highest BCUT2D eigenvalue weighted by atomic mass is 16.6. The van der Waals surface area contributed by atoms with Crippen LogP contribution in [0.5, 0.6) is 17.2 Å². The molecule has 0 aliphatic heterocycles. The second-order valence-corrected chi connectivity index (χ2v) is 5.15. The van der Waals surface area contributed by atoms with Crippen molar-refractivity contribution in [2.45, 2.75) is 6.92 Å². The average Bonchev–Trinajstić information content (AvgIpc) is 2.90. The van der Waals surface area contributed by atoms with Crippen LogP contribution in [0.4, 0.5) is 5.69 Å². The first-order valence-electron chi connectivity index (χ1n) is 6.91. The fraction of sp³-hybridized carbons (Fsp3) is 0.188. The predicted octanol–water partition coefficient (Wildman–Crippen LogP) is 3.59. The highest BCUT2D eigenvalue weighted by Crippen LogP contribution is 2.36. The van der Waals surface area contributed by atoms with Crippen LogP contribution >= 0.6 is 0 Å². The lowest BCUT2D eigenvalue weighted by Crippen LogP contribution is -1.96. The summed E-state index contributed by atoms with van der Waals surface area (Å²) in [4.78, 5) is 14.8. The Morgan fingerprint density at radius 1 is 1.22 bits per heavy atom. The summed E-state index contributed by atoms with van der Waals surface area (Å²) < 4.78 is 12.9. The van der Waals surface area contributed by atoms with Crippen LogP contribution in [0, 0.1) is 17.0 Å². The monoisotopic (exact) mass is 313 g/mol. The van der Waals surface area contributed by atoms with Gasteiger partial charge in [0.15, 0.2) is 0 Å². The maximum atomic E-state index is 11.0. The number of methoxy groups -OCH3 is 1. The van der Waals surface area contributed by atoms with Crippen molar-refractivity contribution in [3.05, 3.63) is 52.3 Å². The third-order valence-corrected chi connectivity index (χ3v) is 3.60. The molecular weight excluding hydrogens is 298 g/mol. The van der Waals surface area contributed by atoms with Crippen molar-refractivity contribution < 1.29 is 14.4 Å². The summed E-state index contributed by atoms with van der Waals surface area (Å²) in [5, 5.41) is 11.0. The zero-order valence-electron chi connectivity index (χ0n) is 12.9. The Hall–Kier alpha value is -3.09. The summed E-state index contributed by atoms with van der Waals surface area (Å²) in [5.74, 6) is 1.30. The molecule has 3 rings (SSSR count). The molecule has 0 radical (unpaired) electrons. The first-order chi connectivity index (χ1) is 11.0. The summed E-state index contributed by atoms with van der Waals surface area (Å²) >= 11 is 0. The van der Waals surface area contributed by atoms with Gasteiger partial charge in [-0.3, -0.25) is 10.1 Å². The molecule has 0 aliphatic carbocycles. The van der Waals surface area contributed by atoms with E-state index in [2.05, 4.69) is 4.98 Å². The second kappa shape index (κ2) is 5.60. The van der Waals surface area contributed by atoms with Crippen molar-refractivity contribution in [1.29, 1.82) is 0 Å². The Kier molecular flexibility index (Phi) is 3.61. The van der Waals surface area contributed by atoms with Crippen LogP contribution in [0.2, 0.25) is 0 Å². The van der Waals surface area contributed by atoms with Gasteiger partial charge in [0.25, 0.3) is 0 Å². The summed E-state index contributed by atoms with van der Waals surface area (Å²) in [5.41, 5.74) is 2.38. The summed E-state index contributed by atoms with van der Waals surface area (Å²) in [6.45, 7) is 1.75. The van der Waals surface area contributed by atoms with E-state index in [1.54, 1.807) is 13.3 Å². The van der Waals surface area contributed by atoms with Crippen LogP contribution in [-0.4, -0.2) is 21.6 Å². The van der Waals surface area contributed by atoms with Crippen molar-refractivity contribution in [3.63, 3.8) is 0 Å². The number of hydrogen-bond donors (Lipinski definition) is 0. The minimum Gasteiger partial charge on any atom is -0.490 e. The molecule has 7 heteroatoms. The number of imidazole rings is 1. The molecule has 0 aliphatic rings. The Morgan fingerprint density at radius 3 is 2.70 bits per heavy atom. The Labute approximate surface area is 132 Å². The molecule has 7 nitrogen and oxygen atoms in total. The standard InChI is InChI=1S/C16H15N3O4/c1-10-6-14(19(20)21)16(22-3)8-15(10)23-11-4-5-12-13(7-11)18(2)9-17-12/h4-9H,1-3H3. The molecular formula is C16H15N3O4. The van der Waals surface area contributed by atoms with Crippen LogP contribution in [0.3, 0.4) is 0 Å². The largest absolute Gasteiger partial charge is 0.490 e. The van der Waals surface area contributed by atoms with Crippen molar-refractivity contribution >= 4 is 16.7 Å². The van der Waals surface area contributed by atoms with E-state index in [1.807, 2.05) is 29.8 Å². The van der Waals surface area contributed by atoms with E-state index in [1.165, 1.54) is 19.2 Å². The molecule has 0 N–H and O–H groups in total. The minimum atomic E-state index is -0.475. The average molecular weight is 313 g/mol. The lowest BCUT2D eigenvalue weighted by Gasteiger charge is -2.11. The summed E-state index contributed by atoms with van der Waals surface area (Å²) in [7, 11) is 3.29. The fourth-order valence-electron chi connectivity index (χ4n) is 2.37. The van der Waals surface area contributed by atoms with Crippen LogP contribution in [-0.2, 0) is 7.05 Å². The van der Waals surface area contributed by atoms with Crippen LogP contribution in [0.1, 0.15) is 5.56 Å². The Bertz CT molecular complexity index is 902. The highest BCUT2D eigenvalue weighted by Gasteiger charge is 2.18. The number of benzene rings is 2. The molecule has 0 spiro atoms. The molecule has 3 aromatic rings. The zero-order chi connectivity index (χ0) is 16.6. The SMILES string of the molecule is COc1cc(Oc2ccc3ncn(C)c3c2)c(C)cc1[N+](=O)[O-]. The van der Waals surface area contributed by atoms with Gasteiger partial charge in [-0.2, -0.15) is 0 Å². The van der Waals surface area contributed by atoms with Gasteiger partial charge in [-0.15, -0.1) is 0 Å². The molecule has 0 amide bonds. The van der Waals surface area contributed by atoms with Gasteiger partial charge in [0.05, 0.1) is 29.4 Å². The fourth-order valence-corrected chi connectivity index (χ4v) is 2.37. The van der Waals surface area contributed by atoms with E-state index in [9.17, 15) is 10.1 Å². The maximum absolute atomic E-state index is 11.0. The predicted molar refractivity (Wildman–Crippen MR) is 85.2 cm³/mol. The topological polar surface area (TPSA) is 79.4 Å². The number of aryl methyl sites for hydroxylation is 2. The lowest BCUT2D eigenvalue weighted by molar-refractivity contribution is -0.385. The molecule has 0 saturated carbocycles. The van der Waals surface area contributed by atoms with Crippen molar-refractivity contribution in [3.8, 4) is 17.2 Å². The molecule has 2 aromatic carbocycles. The minimum absolute atomic E-state index is 0.0839. The molecule has 118 valence electrons. The molecule has 1 heterocycles. The molecule has 0 unspecified atom stereocenters. The third-order valence-electron chi connectivity index (χ3n) is 3.60. The van der Waals surface area contributed by atoms with Gasteiger partial charge in [-0.1, -0.05) is 0 Å². The van der Waals surface area contributed by atoms with Gasteiger partial charge >= 0.3 is 5.69 Å². The first-order valence-corrected chi connectivity index (χ1v) is 6.91. The number of rotatable bonds is 4. The van der Waals surface area contributed by atoms with E-state index >= 15 is 0 Å². The van der Waals surface area contributed by atoms with Crippen LogP contribution in [0.15, 0.2) is 36.7 Å². The van der Waals surface area contributed by atoms with Crippen molar-refractivity contribution in [2.24, 2.45) is 7.05 Å². The first kappa shape index (κ1) is 14.8. The van der Waals surface area contributed by atoms with Gasteiger partial charge in [0, 0.05) is 25.2 Å². The van der Waals surface area contributed by atoms with E-state index in [0.29, 0.717) is 17.1 Å². The van der Waals surface area contributed by atoms with E-state index in [4.69, 9.17) is 9.47 Å². The number of nitrogens with zero attached hydrogens (tertiary/aromatic N) is 3. The number of nitro groups is 1. The molecule has 0 bridgehead atoms. The van der Waals surface area contributed by atoms with Gasteiger partial charge < -0.3 is 14.0 Å². The van der Waals surface area contributed by atoms with E-state index in [0.717, 1.165) is 11.0 Å². The smallest absolute Gasteiger partial charge is 0.311 e. The zero-order valence-corrected chi connectivity index (χ0v) is 12.9. The molecule has 0 atom stereocenters. The van der Waals surface area contributed by atoms with Crippen LogP contribution < -0.4 is 9.47 Å². The Morgan fingerprint density at radius 2 is 2.00 bits per heavy atom. The highest BCUT2D eigenvalue weighted by molar-refractivity contribution is 5.77. The number of hydrogen-bond acceptors (Lipinski definition) is 5. The van der Waals surface area contributed by atoms with Crippen molar-refractivity contribution in [2.75, 3.05) is 7.11 Å². The van der Waals surface area contributed by atoms with E-state index in [-0.39, 0.29) is 11.4 Å². The number of ether oxygens (including phenoxy) is 2. The van der Waals surface area contributed by atoms with Crippen molar-refractivity contribution in [1.82, 2.24) is 9.55 Å². The number of fused-ring (bicyclic) bond motifs is 1. The number of aromatic nitrogens is 2. The third kappa shape index (κ3) is 2.68. The van der Waals surface area contributed by atoms with Crippen LogP contribution in [0.25, 0.3) is 11.0 Å². The maximum Gasteiger partial charge on any atom is 0.311 e. The normalized spacial score (nSPS) is 10.7. The summed E-state index contributed by atoms with van der Waals surface area (Å²) in [6, 6.07) is 8.51. The summed E-state index contributed by atoms with van der Waals surface area (Å²) in [6.07, 6.45) is 1.73. The molecule has 0 fully saturated rings. The molecule has 23 heavy (non-hydrogen) atoms. The van der Waals surface area contributed by atoms with Gasteiger partial charge in [0.2, 0.25) is 5.75 Å². The Balaban J connectivity index is 2.00. The molecule has 0 saturated heterocycles. The van der Waals surface area contributed by atoms with Gasteiger partial charge in [-0.25, -0.2) is 4.98 Å². The van der Waals surface area contributed by atoms with E-state index < -0.39 is 4.92 Å².